The summed E-state index contributed by atoms with van der Waals surface area (Å²) in [5.74, 6) is 0.291. The Balaban J connectivity index is 2.40. The molecule has 29 heavy (non-hydrogen) atoms. The van der Waals surface area contributed by atoms with Crippen molar-refractivity contribution in [2.75, 3.05) is 23.7 Å². The van der Waals surface area contributed by atoms with Crippen molar-refractivity contribution in [1.29, 1.82) is 0 Å². The average molecular weight is 437 g/mol. The van der Waals surface area contributed by atoms with Crippen LogP contribution < -0.4 is 14.4 Å². The monoisotopic (exact) mass is 436 g/mol. The van der Waals surface area contributed by atoms with Crippen molar-refractivity contribution >= 4 is 33.4 Å². The molecular formula is C21H28N2O4S2. The van der Waals surface area contributed by atoms with Crippen molar-refractivity contribution in [3.8, 4) is 5.75 Å². The SMILES string of the molecule is CCOc1ccc(N(CC(=O)NC(C)CC)S(=O)(=O)c2ccc(SC)cc2)cc1. The van der Waals surface area contributed by atoms with Crippen molar-refractivity contribution in [2.24, 2.45) is 0 Å². The van der Waals surface area contributed by atoms with Gasteiger partial charge in [-0.05, 0) is 75.1 Å². The van der Waals surface area contributed by atoms with Gasteiger partial charge in [-0.25, -0.2) is 8.42 Å². The molecule has 0 saturated heterocycles. The maximum atomic E-state index is 13.3. The van der Waals surface area contributed by atoms with Crippen LogP contribution in [0.3, 0.4) is 0 Å². The number of anilines is 1. The standard InChI is InChI=1S/C21H28N2O4S2/c1-5-16(3)22-21(24)15-23(17-7-9-18(10-8-17)27-6-2)29(25,26)20-13-11-19(28-4)12-14-20/h7-14,16H,5-6,15H2,1-4H3,(H,22,24). The number of hydrogen-bond acceptors (Lipinski definition) is 5. The largest absolute Gasteiger partial charge is 0.494 e. The minimum absolute atomic E-state index is 0.0340. The zero-order chi connectivity index (χ0) is 21.4. The maximum Gasteiger partial charge on any atom is 0.264 e. The summed E-state index contributed by atoms with van der Waals surface area (Å²) in [6.07, 6.45) is 2.69. The van der Waals surface area contributed by atoms with E-state index in [9.17, 15) is 13.2 Å². The highest BCUT2D eigenvalue weighted by molar-refractivity contribution is 7.98. The average Bonchev–Trinajstić information content (AvgIpc) is 2.72. The Labute approximate surface area is 177 Å². The molecule has 2 aromatic carbocycles. The van der Waals surface area contributed by atoms with E-state index in [1.165, 1.54) is 11.8 Å². The first-order valence-corrected chi connectivity index (χ1v) is 12.2. The van der Waals surface area contributed by atoms with Crippen molar-refractivity contribution in [1.82, 2.24) is 5.32 Å². The second-order valence-electron chi connectivity index (χ2n) is 6.49. The Bertz CT molecular complexity index is 897. The quantitative estimate of drug-likeness (QED) is 0.572. The van der Waals surface area contributed by atoms with Gasteiger partial charge in [0.15, 0.2) is 0 Å². The fourth-order valence-corrected chi connectivity index (χ4v) is 4.45. The van der Waals surface area contributed by atoms with Gasteiger partial charge in [-0.3, -0.25) is 9.10 Å². The number of nitrogens with zero attached hydrogens (tertiary/aromatic N) is 1. The van der Waals surface area contributed by atoms with Crippen LogP contribution >= 0.6 is 11.8 Å². The number of ether oxygens (including phenoxy) is 1. The third kappa shape index (κ3) is 6.14. The Hall–Kier alpha value is -2.19. The summed E-state index contributed by atoms with van der Waals surface area (Å²) >= 11 is 1.53. The molecule has 1 unspecified atom stereocenters. The van der Waals surface area contributed by atoms with E-state index in [1.807, 2.05) is 27.0 Å². The third-order valence-corrected chi connectivity index (χ3v) is 6.92. The highest BCUT2D eigenvalue weighted by atomic mass is 32.2. The summed E-state index contributed by atoms with van der Waals surface area (Å²) in [5, 5.41) is 2.83. The van der Waals surface area contributed by atoms with Crippen LogP contribution in [-0.2, 0) is 14.8 Å². The van der Waals surface area contributed by atoms with Crippen molar-refractivity contribution < 1.29 is 17.9 Å². The van der Waals surface area contributed by atoms with E-state index in [0.29, 0.717) is 18.0 Å². The first-order chi connectivity index (χ1) is 13.8. The molecule has 0 bridgehead atoms. The molecule has 6 nitrogen and oxygen atoms in total. The van der Waals surface area contributed by atoms with Crippen LogP contribution in [0.5, 0.6) is 5.75 Å². The lowest BCUT2D eigenvalue weighted by Crippen LogP contribution is -2.43. The molecule has 158 valence electrons. The lowest BCUT2D eigenvalue weighted by atomic mass is 10.2. The van der Waals surface area contributed by atoms with E-state index < -0.39 is 10.0 Å². The zero-order valence-corrected chi connectivity index (χ0v) is 18.8. The fourth-order valence-electron chi connectivity index (χ4n) is 2.62. The first kappa shape index (κ1) is 23.1. The van der Waals surface area contributed by atoms with Gasteiger partial charge >= 0.3 is 0 Å². The summed E-state index contributed by atoms with van der Waals surface area (Å²) < 4.78 is 33.3. The second-order valence-corrected chi connectivity index (χ2v) is 9.23. The molecule has 8 heteroatoms. The lowest BCUT2D eigenvalue weighted by Gasteiger charge is -2.25. The van der Waals surface area contributed by atoms with Gasteiger partial charge in [0.25, 0.3) is 10.0 Å². The smallest absolute Gasteiger partial charge is 0.264 e. The number of rotatable bonds is 10. The first-order valence-electron chi connectivity index (χ1n) is 9.50. The molecule has 2 rings (SSSR count). The van der Waals surface area contributed by atoms with Crippen LogP contribution in [0.25, 0.3) is 0 Å². The lowest BCUT2D eigenvalue weighted by molar-refractivity contribution is -0.120. The van der Waals surface area contributed by atoms with Gasteiger partial charge in [0.2, 0.25) is 5.91 Å². The van der Waals surface area contributed by atoms with Gasteiger partial charge in [0.05, 0.1) is 17.2 Å². The Morgan fingerprint density at radius 1 is 1.10 bits per heavy atom. The molecule has 0 fully saturated rings. The topological polar surface area (TPSA) is 75.7 Å². The van der Waals surface area contributed by atoms with Gasteiger partial charge in [-0.1, -0.05) is 6.92 Å². The predicted molar refractivity (Wildman–Crippen MR) is 118 cm³/mol. The molecule has 0 aliphatic rings. The second kappa shape index (κ2) is 10.5. The van der Waals surface area contributed by atoms with Gasteiger partial charge in [0.1, 0.15) is 12.3 Å². The van der Waals surface area contributed by atoms with Crippen molar-refractivity contribution in [3.63, 3.8) is 0 Å². The molecule has 0 radical (unpaired) electrons. The van der Waals surface area contributed by atoms with Gasteiger partial charge in [-0.15, -0.1) is 11.8 Å². The molecule has 0 aliphatic carbocycles. The van der Waals surface area contributed by atoms with Crippen LogP contribution in [0.4, 0.5) is 5.69 Å². The summed E-state index contributed by atoms with van der Waals surface area (Å²) in [7, 11) is -3.92. The van der Waals surface area contributed by atoms with E-state index in [1.54, 1.807) is 48.5 Å². The maximum absolute atomic E-state index is 13.3. The summed E-state index contributed by atoms with van der Waals surface area (Å²) in [5.41, 5.74) is 0.404. The minimum atomic E-state index is -3.92. The number of amides is 1. The highest BCUT2D eigenvalue weighted by Gasteiger charge is 2.27. The molecule has 0 aromatic heterocycles. The summed E-state index contributed by atoms with van der Waals surface area (Å²) in [4.78, 5) is 13.6. The molecule has 0 saturated carbocycles. The molecule has 1 atom stereocenters. The van der Waals surface area contributed by atoms with Crippen LogP contribution in [0.15, 0.2) is 58.3 Å². The van der Waals surface area contributed by atoms with Crippen LogP contribution in [0.2, 0.25) is 0 Å². The summed E-state index contributed by atoms with van der Waals surface area (Å²) in [6, 6.07) is 13.3. The normalized spacial score (nSPS) is 12.3. The number of hydrogen-bond donors (Lipinski definition) is 1. The predicted octanol–water partition coefficient (Wildman–Crippen LogP) is 3.92. The van der Waals surface area contributed by atoms with Crippen molar-refractivity contribution in [3.05, 3.63) is 48.5 Å². The van der Waals surface area contributed by atoms with Crippen LogP contribution in [-0.4, -0.2) is 39.8 Å². The number of benzene rings is 2. The van der Waals surface area contributed by atoms with Gasteiger partial charge in [-0.2, -0.15) is 0 Å². The molecule has 1 amide bonds. The Morgan fingerprint density at radius 3 is 2.24 bits per heavy atom. The molecule has 0 aliphatic heterocycles. The number of nitrogens with one attached hydrogen (secondary N) is 1. The Morgan fingerprint density at radius 2 is 1.72 bits per heavy atom. The highest BCUT2D eigenvalue weighted by Crippen LogP contribution is 2.27. The third-order valence-electron chi connectivity index (χ3n) is 4.39. The number of carbonyl (C=O) groups excluding carboxylic acids is 1. The number of sulfonamides is 1. The Kier molecular flexibility index (Phi) is 8.40. The minimum Gasteiger partial charge on any atom is -0.494 e. The van der Waals surface area contributed by atoms with E-state index in [-0.39, 0.29) is 23.4 Å². The van der Waals surface area contributed by atoms with E-state index in [2.05, 4.69) is 5.32 Å². The van der Waals surface area contributed by atoms with Crippen molar-refractivity contribution in [2.45, 2.75) is 43.0 Å². The van der Waals surface area contributed by atoms with Crippen LogP contribution in [0.1, 0.15) is 27.2 Å². The molecule has 2 aromatic rings. The van der Waals surface area contributed by atoms with Crippen LogP contribution in [0, 0.1) is 0 Å². The van der Waals surface area contributed by atoms with Gasteiger partial charge in [0, 0.05) is 10.9 Å². The summed E-state index contributed by atoms with van der Waals surface area (Å²) in [6.45, 7) is 5.93. The zero-order valence-electron chi connectivity index (χ0n) is 17.2. The van der Waals surface area contributed by atoms with E-state index in [0.717, 1.165) is 15.6 Å². The van der Waals surface area contributed by atoms with E-state index >= 15 is 0 Å². The van der Waals surface area contributed by atoms with Gasteiger partial charge < -0.3 is 10.1 Å². The molecule has 0 heterocycles. The van der Waals surface area contributed by atoms with E-state index in [4.69, 9.17) is 4.74 Å². The molecule has 1 N–H and O–H groups in total. The molecule has 0 spiro atoms. The molecular weight excluding hydrogens is 408 g/mol. The fraction of sp³-hybridized carbons (Fsp3) is 0.381. The number of thioether (sulfide) groups is 1. The number of carbonyl (C=O) groups is 1.